The van der Waals surface area contributed by atoms with Crippen molar-refractivity contribution in [1.82, 2.24) is 15.0 Å². The molecular weight excluding hydrogens is 521 g/mol. The first-order valence-electron chi connectivity index (χ1n) is 12.7. The van der Waals surface area contributed by atoms with Crippen molar-refractivity contribution in [3.63, 3.8) is 0 Å². The van der Waals surface area contributed by atoms with Crippen molar-refractivity contribution >= 4 is 24.6 Å². The van der Waals surface area contributed by atoms with Gasteiger partial charge in [-0.2, -0.15) is 4.98 Å². The molecule has 3 N–H and O–H groups in total. The van der Waals surface area contributed by atoms with E-state index in [2.05, 4.69) is 20.3 Å². The number of aromatic amines is 1. The lowest BCUT2D eigenvalue weighted by Gasteiger charge is -2.25. The summed E-state index contributed by atoms with van der Waals surface area (Å²) in [7, 11) is -1.70. The molecule has 0 amide bonds. The smallest absolute Gasteiger partial charge is 0.298 e. The molecule has 4 rings (SSSR count). The topological polar surface area (TPSA) is 120 Å². The van der Waals surface area contributed by atoms with E-state index in [-0.39, 0.29) is 25.1 Å². The summed E-state index contributed by atoms with van der Waals surface area (Å²) in [6.45, 7) is 6.18. The van der Waals surface area contributed by atoms with Gasteiger partial charge >= 0.3 is 0 Å². The highest BCUT2D eigenvalue weighted by molar-refractivity contribution is 7.74. The third-order valence-electron chi connectivity index (χ3n) is 6.69. The van der Waals surface area contributed by atoms with Crippen LogP contribution in [0.4, 0.5) is 14.4 Å². The van der Waals surface area contributed by atoms with E-state index in [9.17, 15) is 9.50 Å². The average molecular weight is 558 g/mol. The molecule has 4 atom stereocenters. The predicted molar refractivity (Wildman–Crippen MR) is 141 cm³/mol. The lowest BCUT2D eigenvalue weighted by atomic mass is 10.1. The molecule has 4 heterocycles. The number of allylic oxidation sites excluding steroid dienone is 1. The first-order chi connectivity index (χ1) is 18.1. The summed E-state index contributed by atoms with van der Waals surface area (Å²) in [6.07, 6.45) is 2.42. The highest BCUT2D eigenvalue weighted by atomic mass is 31.2. The highest BCUT2D eigenvalue weighted by Crippen LogP contribution is 2.67. The SMILES string of the molecule is CCc1cc2[nH]c(OCO[C@]3(O)CCO[C@@H]3C)nc2nc1NCC1C(F)=CC(OCCCOC)=C[P+]1(C)F. The molecule has 2 aromatic heterocycles. The summed E-state index contributed by atoms with van der Waals surface area (Å²) >= 11 is 0. The number of aliphatic hydroxyl groups is 1. The van der Waals surface area contributed by atoms with Crippen LogP contribution in [0.15, 0.2) is 29.5 Å². The Morgan fingerprint density at radius 2 is 2.13 bits per heavy atom. The zero-order valence-corrected chi connectivity index (χ0v) is 23.0. The average Bonchev–Trinajstić information content (AvgIpc) is 3.41. The number of pyridine rings is 1. The fourth-order valence-electron chi connectivity index (χ4n) is 4.34. The van der Waals surface area contributed by atoms with E-state index >= 15 is 4.20 Å². The first kappa shape index (κ1) is 28.6. The van der Waals surface area contributed by atoms with Gasteiger partial charge in [-0.25, -0.2) is 9.37 Å². The number of imidazole rings is 1. The van der Waals surface area contributed by atoms with Gasteiger partial charge in [-0.1, -0.05) is 11.1 Å². The molecule has 0 saturated carbocycles. The van der Waals surface area contributed by atoms with Crippen LogP contribution in [0, 0.1) is 0 Å². The van der Waals surface area contributed by atoms with Gasteiger partial charge in [0, 0.05) is 32.6 Å². The summed E-state index contributed by atoms with van der Waals surface area (Å²) in [5.74, 6) is 0.175. The Bertz CT molecular complexity index is 1180. The number of anilines is 1. The number of nitrogens with zero attached hydrogens (tertiary/aromatic N) is 2. The molecular formula is C25H36F2N4O6P+. The van der Waals surface area contributed by atoms with Crippen LogP contribution >= 0.6 is 7.57 Å². The van der Waals surface area contributed by atoms with Crippen LogP contribution in [0.25, 0.3) is 11.2 Å². The van der Waals surface area contributed by atoms with Crippen molar-refractivity contribution < 1.29 is 37.4 Å². The summed E-state index contributed by atoms with van der Waals surface area (Å²) in [6, 6.07) is 2.04. The van der Waals surface area contributed by atoms with Crippen LogP contribution in [0.5, 0.6) is 6.01 Å². The molecule has 0 bridgehead atoms. The summed E-state index contributed by atoms with van der Waals surface area (Å²) in [5.41, 5.74) is 0.925. The number of methoxy groups -OCH3 is 1. The molecule has 0 radical (unpaired) electrons. The maximum atomic E-state index is 15.6. The van der Waals surface area contributed by atoms with Crippen LogP contribution in [-0.2, 0) is 25.4 Å². The van der Waals surface area contributed by atoms with Crippen molar-refractivity contribution in [2.75, 3.05) is 52.2 Å². The minimum atomic E-state index is -3.29. The summed E-state index contributed by atoms with van der Waals surface area (Å²) in [4.78, 5) is 11.9. The van der Waals surface area contributed by atoms with Gasteiger partial charge in [0.25, 0.3) is 6.01 Å². The Hall–Kier alpha value is -2.37. The van der Waals surface area contributed by atoms with Gasteiger partial charge in [-0.15, -0.1) is 0 Å². The molecule has 1 fully saturated rings. The number of hydrogen-bond donors (Lipinski definition) is 3. The molecule has 2 aliphatic heterocycles. The Balaban J connectivity index is 1.40. The third kappa shape index (κ3) is 6.60. The number of aryl methyl sites for hydroxylation is 1. The summed E-state index contributed by atoms with van der Waals surface area (Å²) < 4.78 is 57.4. The number of nitrogens with one attached hydrogen (secondary N) is 2. The van der Waals surface area contributed by atoms with E-state index < -0.39 is 31.0 Å². The first-order valence-corrected chi connectivity index (χ1v) is 14.9. The zero-order valence-electron chi connectivity index (χ0n) is 22.1. The van der Waals surface area contributed by atoms with Gasteiger partial charge in [0.15, 0.2) is 29.6 Å². The quantitative estimate of drug-likeness (QED) is 0.186. The minimum absolute atomic E-state index is 0.0303. The number of halogens is 2. The van der Waals surface area contributed by atoms with Gasteiger partial charge in [-0.05, 0) is 25.0 Å². The van der Waals surface area contributed by atoms with Crippen molar-refractivity contribution in [2.45, 2.75) is 50.7 Å². The molecule has 2 aromatic rings. The Labute approximate surface area is 221 Å². The number of fused-ring (bicyclic) bond motifs is 1. The third-order valence-corrected chi connectivity index (χ3v) is 9.10. The number of H-pyrrole nitrogens is 1. The monoisotopic (exact) mass is 557 g/mol. The molecule has 13 heteroatoms. The van der Waals surface area contributed by atoms with E-state index in [0.29, 0.717) is 56.1 Å². The van der Waals surface area contributed by atoms with Crippen molar-refractivity contribution in [1.29, 1.82) is 0 Å². The van der Waals surface area contributed by atoms with Gasteiger partial charge in [0.05, 0.1) is 31.9 Å². The second-order valence-corrected chi connectivity index (χ2v) is 12.4. The second kappa shape index (κ2) is 12.2. The fourth-order valence-corrected chi connectivity index (χ4v) is 6.17. The maximum Gasteiger partial charge on any atom is 0.298 e. The molecule has 0 spiro atoms. The lowest BCUT2D eigenvalue weighted by Crippen LogP contribution is -2.40. The molecule has 2 unspecified atom stereocenters. The normalized spacial score (nSPS) is 27.3. The molecule has 2 aliphatic rings. The largest absolute Gasteiger partial charge is 0.490 e. The number of rotatable bonds is 13. The van der Waals surface area contributed by atoms with E-state index in [1.54, 1.807) is 14.0 Å². The van der Waals surface area contributed by atoms with Crippen molar-refractivity contribution in [3.05, 3.63) is 35.1 Å². The van der Waals surface area contributed by atoms with Crippen LogP contribution in [0.3, 0.4) is 0 Å². The number of ether oxygens (including phenoxy) is 5. The Kier molecular flexibility index (Phi) is 9.20. The van der Waals surface area contributed by atoms with Crippen LogP contribution in [-0.4, -0.2) is 84.5 Å². The van der Waals surface area contributed by atoms with Crippen LogP contribution < -0.4 is 10.1 Å². The fraction of sp³-hybridized carbons (Fsp3) is 0.600. The van der Waals surface area contributed by atoms with Gasteiger partial charge < -0.3 is 39.1 Å². The van der Waals surface area contributed by atoms with E-state index in [1.807, 2.05) is 13.0 Å². The standard InChI is InChI=1S/C25H36F2N4O6P/c1-5-17-11-20-23(31-24(29-20)36-15-37-25(32)7-10-34-16(25)2)30-22(17)28-13-21-19(26)12-18(14-38(21,4)27)35-9-6-8-33-3/h11-12,14,16,21,32H,5-10,13,15H2,1-4H3,(H2,28,29,30,31)/q+1/t16-,21?,25-,38?/m1/s1. The molecule has 0 aliphatic carbocycles. The second-order valence-electron chi connectivity index (χ2n) is 9.46. The van der Waals surface area contributed by atoms with Gasteiger partial charge in [0.2, 0.25) is 7.57 Å². The highest BCUT2D eigenvalue weighted by Gasteiger charge is 2.48. The van der Waals surface area contributed by atoms with E-state index in [0.717, 1.165) is 5.56 Å². The Morgan fingerprint density at radius 3 is 2.82 bits per heavy atom. The van der Waals surface area contributed by atoms with Crippen LogP contribution in [0.1, 0.15) is 32.3 Å². The van der Waals surface area contributed by atoms with E-state index in [4.69, 9.17) is 23.7 Å². The predicted octanol–water partition coefficient (Wildman–Crippen LogP) is 4.44. The summed E-state index contributed by atoms with van der Waals surface area (Å²) in [5, 5.41) is 13.6. The molecule has 0 aromatic carbocycles. The zero-order chi connectivity index (χ0) is 27.3. The van der Waals surface area contributed by atoms with Crippen LogP contribution in [0.2, 0.25) is 0 Å². The Morgan fingerprint density at radius 1 is 1.32 bits per heavy atom. The molecule has 1 saturated heterocycles. The van der Waals surface area contributed by atoms with Crippen molar-refractivity contribution in [3.8, 4) is 6.01 Å². The molecule has 10 nitrogen and oxygen atoms in total. The lowest BCUT2D eigenvalue weighted by molar-refractivity contribution is -0.250. The number of hydrogen-bond acceptors (Lipinski definition) is 9. The van der Waals surface area contributed by atoms with E-state index in [1.165, 1.54) is 18.6 Å². The minimum Gasteiger partial charge on any atom is -0.490 e. The molecule has 38 heavy (non-hydrogen) atoms. The van der Waals surface area contributed by atoms with Gasteiger partial charge in [0.1, 0.15) is 23.6 Å². The maximum absolute atomic E-state index is 15.6. The van der Waals surface area contributed by atoms with Gasteiger partial charge in [-0.3, -0.25) is 0 Å². The van der Waals surface area contributed by atoms with Crippen molar-refractivity contribution in [2.24, 2.45) is 0 Å². The molecule has 210 valence electrons. The number of aromatic nitrogens is 3.